The molecule has 5 N–H and O–H groups in total. The third-order valence-electron chi connectivity index (χ3n) is 6.59. The highest BCUT2D eigenvalue weighted by Crippen LogP contribution is 2.26. The van der Waals surface area contributed by atoms with Crippen LogP contribution in [0.3, 0.4) is 0 Å². The molecule has 1 aromatic carbocycles. The fraction of sp³-hybridized carbons (Fsp3) is 0.296. The van der Waals surface area contributed by atoms with Crippen LogP contribution in [0.5, 0.6) is 0 Å². The summed E-state index contributed by atoms with van der Waals surface area (Å²) in [5.41, 5.74) is 0.510. The average Bonchev–Trinajstić information content (AvgIpc) is 3.68. The molecule has 2 aliphatic heterocycles. The number of halogens is 4. The number of ether oxygens (including phenoxy) is 1. The summed E-state index contributed by atoms with van der Waals surface area (Å²) in [4.78, 5) is 48.8. The molecule has 0 saturated carbocycles. The van der Waals surface area contributed by atoms with E-state index in [0.29, 0.717) is 56.1 Å². The van der Waals surface area contributed by atoms with Crippen molar-refractivity contribution < 1.29 is 14.6 Å². The Hall–Kier alpha value is -4.15. The number of amides is 1. The summed E-state index contributed by atoms with van der Waals surface area (Å²) in [6, 6.07) is 9.09. The van der Waals surface area contributed by atoms with Crippen LogP contribution in [0, 0.1) is 0 Å². The molecule has 2 saturated heterocycles. The van der Waals surface area contributed by atoms with Gasteiger partial charge in [0.25, 0.3) is 16.7 Å². The number of aromatic nitrogens is 6. The Morgan fingerprint density at radius 2 is 1.30 bits per heavy atom. The van der Waals surface area contributed by atoms with Crippen molar-refractivity contribution >= 4 is 69.6 Å². The number of benzene rings is 1. The van der Waals surface area contributed by atoms with Crippen LogP contribution >= 0.6 is 46.4 Å². The van der Waals surface area contributed by atoms with Crippen molar-refractivity contribution in [3.05, 3.63) is 100 Å². The average molecular weight is 715 g/mol. The van der Waals surface area contributed by atoms with E-state index in [1.165, 1.54) is 18.6 Å². The number of aliphatic hydroxyl groups is 1. The molecule has 46 heavy (non-hydrogen) atoms. The third-order valence-corrected chi connectivity index (χ3v) is 8.08. The van der Waals surface area contributed by atoms with E-state index in [0.717, 1.165) is 0 Å². The molecular weight excluding hydrogens is 688 g/mol. The standard InChI is InChI=1S/C15H15ClN4O3.C8H10ClN3O2.C4H2Cl2N2O/c16-13-12(8-17-19-14(13)21)20-7-6-11(9-20)23-15(22)18-10-4-2-1-3-5-10;9-7-6(3-10-11-8(7)14)12-2-1-5(13)4-12;5-2-1-7-8-4(9)3(2)6/h1-5,8,11H,6-7,9H2,(H,18,22)(H,19,21);3,5,13H,1-2,4H2,(H,11,14);1H,(H,8,9)/t11-;5-;/m11./s1. The van der Waals surface area contributed by atoms with Crippen molar-refractivity contribution in [2.24, 2.45) is 0 Å². The van der Waals surface area contributed by atoms with Crippen LogP contribution in [0.1, 0.15) is 12.8 Å². The predicted molar refractivity (Wildman–Crippen MR) is 175 cm³/mol. The molecule has 4 aromatic rings. The number of nitrogens with one attached hydrogen (secondary N) is 4. The van der Waals surface area contributed by atoms with Gasteiger partial charge in [0.2, 0.25) is 0 Å². The van der Waals surface area contributed by atoms with E-state index in [2.05, 4.69) is 35.9 Å². The van der Waals surface area contributed by atoms with Crippen molar-refractivity contribution in [1.29, 1.82) is 0 Å². The second kappa shape index (κ2) is 16.4. The highest BCUT2D eigenvalue weighted by Gasteiger charge is 2.28. The molecule has 15 nitrogen and oxygen atoms in total. The van der Waals surface area contributed by atoms with Crippen molar-refractivity contribution in [3.8, 4) is 0 Å². The molecule has 0 spiro atoms. The molecule has 0 aliphatic carbocycles. The zero-order chi connectivity index (χ0) is 33.2. The summed E-state index contributed by atoms with van der Waals surface area (Å²) in [6.07, 6.45) is 4.51. The van der Waals surface area contributed by atoms with Gasteiger partial charge < -0.3 is 19.6 Å². The number of anilines is 3. The highest BCUT2D eigenvalue weighted by atomic mass is 35.5. The highest BCUT2D eigenvalue weighted by molar-refractivity contribution is 6.41. The minimum atomic E-state index is -0.502. The van der Waals surface area contributed by atoms with Crippen LogP contribution in [-0.2, 0) is 4.74 Å². The zero-order valence-electron chi connectivity index (χ0n) is 23.8. The van der Waals surface area contributed by atoms with Gasteiger partial charge >= 0.3 is 6.09 Å². The summed E-state index contributed by atoms with van der Waals surface area (Å²) in [5.74, 6) is 0. The Labute approximate surface area is 280 Å². The fourth-order valence-corrected chi connectivity index (χ4v) is 5.02. The zero-order valence-corrected chi connectivity index (χ0v) is 26.8. The SMILES string of the molecule is O=C(Nc1ccccc1)O[C@@H]1CCN(c2cn[nH]c(=O)c2Cl)C1.O=c1[nH]ncc(Cl)c1Cl.O=c1[nH]ncc(N2CC[C@@H](O)C2)c1Cl. The van der Waals surface area contributed by atoms with Crippen LogP contribution in [0.25, 0.3) is 0 Å². The van der Waals surface area contributed by atoms with E-state index in [4.69, 9.17) is 51.1 Å². The molecule has 19 heteroatoms. The van der Waals surface area contributed by atoms with Crippen LogP contribution in [0.15, 0.2) is 63.3 Å². The molecule has 2 atom stereocenters. The van der Waals surface area contributed by atoms with E-state index in [9.17, 15) is 24.3 Å². The molecule has 5 heterocycles. The maximum Gasteiger partial charge on any atom is 0.411 e. The second-order valence-corrected chi connectivity index (χ2v) is 11.3. The first kappa shape index (κ1) is 34.7. The van der Waals surface area contributed by atoms with Gasteiger partial charge in [-0.25, -0.2) is 20.1 Å². The monoisotopic (exact) mass is 713 g/mol. The van der Waals surface area contributed by atoms with Gasteiger partial charge in [0.05, 0.1) is 47.6 Å². The number of nitrogens with zero attached hydrogens (tertiary/aromatic N) is 5. The largest absolute Gasteiger partial charge is 0.444 e. The number of rotatable bonds is 4. The summed E-state index contributed by atoms with van der Waals surface area (Å²) < 4.78 is 5.40. The molecule has 2 fully saturated rings. The number of hydrogen-bond donors (Lipinski definition) is 5. The molecule has 1 amide bonds. The van der Waals surface area contributed by atoms with Gasteiger partial charge in [-0.1, -0.05) is 64.6 Å². The smallest absolute Gasteiger partial charge is 0.411 e. The fourth-order valence-electron chi connectivity index (χ4n) is 4.37. The Balaban J connectivity index is 0.000000176. The van der Waals surface area contributed by atoms with Gasteiger partial charge in [-0.15, -0.1) is 0 Å². The van der Waals surface area contributed by atoms with Gasteiger partial charge in [0.15, 0.2) is 0 Å². The van der Waals surface area contributed by atoms with Gasteiger partial charge in [0.1, 0.15) is 21.2 Å². The summed E-state index contributed by atoms with van der Waals surface area (Å²) >= 11 is 22.6. The number of carbonyl (C=O) groups is 1. The minimum Gasteiger partial charge on any atom is -0.444 e. The van der Waals surface area contributed by atoms with E-state index < -0.39 is 22.8 Å². The van der Waals surface area contributed by atoms with Crippen LogP contribution in [-0.4, -0.2) is 80.2 Å². The maximum absolute atomic E-state index is 11.9. The molecule has 3 aromatic heterocycles. The minimum absolute atomic E-state index is 0.0216. The van der Waals surface area contributed by atoms with Crippen molar-refractivity contribution in [3.63, 3.8) is 0 Å². The van der Waals surface area contributed by atoms with Gasteiger partial charge in [-0.2, -0.15) is 15.3 Å². The normalized spacial score (nSPS) is 17.0. The Morgan fingerprint density at radius 3 is 1.83 bits per heavy atom. The molecule has 0 unspecified atom stereocenters. The molecule has 2 aliphatic rings. The van der Waals surface area contributed by atoms with Gasteiger partial charge in [0, 0.05) is 31.7 Å². The number of para-hydroxylation sites is 1. The number of H-pyrrole nitrogens is 3. The predicted octanol–water partition coefficient (Wildman–Crippen LogP) is 3.32. The molecule has 244 valence electrons. The van der Waals surface area contributed by atoms with Gasteiger partial charge in [-0.3, -0.25) is 19.7 Å². The second-order valence-electron chi connectivity index (χ2n) is 9.80. The molecule has 6 rings (SSSR count). The Kier molecular flexibility index (Phi) is 12.4. The number of hydrogen-bond acceptors (Lipinski definition) is 11. The Morgan fingerprint density at radius 1 is 0.783 bits per heavy atom. The van der Waals surface area contributed by atoms with Crippen LogP contribution in [0.4, 0.5) is 21.9 Å². The topological polar surface area (TPSA) is 202 Å². The van der Waals surface area contributed by atoms with Crippen LogP contribution in [0.2, 0.25) is 20.1 Å². The van der Waals surface area contributed by atoms with Crippen molar-refractivity contribution in [1.82, 2.24) is 30.6 Å². The lowest BCUT2D eigenvalue weighted by molar-refractivity contribution is 0.122. The van der Waals surface area contributed by atoms with E-state index in [1.807, 2.05) is 28.0 Å². The van der Waals surface area contributed by atoms with Crippen LogP contribution < -0.4 is 31.8 Å². The lowest BCUT2D eigenvalue weighted by Crippen LogP contribution is -2.28. The first-order chi connectivity index (χ1) is 22.0. The molecule has 0 radical (unpaired) electrons. The number of aromatic amines is 3. The van der Waals surface area contributed by atoms with E-state index in [-0.39, 0.29) is 32.3 Å². The van der Waals surface area contributed by atoms with E-state index >= 15 is 0 Å². The molecular formula is C27H27Cl4N9O6. The van der Waals surface area contributed by atoms with Crippen molar-refractivity contribution in [2.45, 2.75) is 25.0 Å². The van der Waals surface area contributed by atoms with Crippen molar-refractivity contribution in [2.75, 3.05) is 41.3 Å². The first-order valence-electron chi connectivity index (χ1n) is 13.6. The summed E-state index contributed by atoms with van der Waals surface area (Å²) in [5, 5.41) is 29.8. The lowest BCUT2D eigenvalue weighted by Gasteiger charge is -2.18. The quantitative estimate of drug-likeness (QED) is 0.208. The third kappa shape index (κ3) is 9.43. The number of carbonyl (C=O) groups excluding carboxylic acids is 1. The number of aliphatic hydroxyl groups excluding tert-OH is 1. The Bertz CT molecular complexity index is 1810. The van der Waals surface area contributed by atoms with E-state index in [1.54, 1.807) is 12.1 Å². The summed E-state index contributed by atoms with van der Waals surface area (Å²) in [7, 11) is 0. The molecule has 0 bridgehead atoms. The first-order valence-corrected chi connectivity index (χ1v) is 15.1. The van der Waals surface area contributed by atoms with Gasteiger partial charge in [-0.05, 0) is 18.6 Å². The lowest BCUT2D eigenvalue weighted by atomic mass is 10.3. The number of β-amino-alcohol motifs (C(OH)–C–C–N with tert-alkyl or cyclic N) is 1. The maximum atomic E-state index is 11.9. The summed E-state index contributed by atoms with van der Waals surface area (Å²) in [6.45, 7) is 2.30.